The molecule has 162 valence electrons. The van der Waals surface area contributed by atoms with Crippen LogP contribution >= 0.6 is 0 Å². The lowest BCUT2D eigenvalue weighted by Gasteiger charge is -2.08. The number of hydrogen-bond donors (Lipinski definition) is 2. The van der Waals surface area contributed by atoms with Gasteiger partial charge in [0.05, 0.1) is 13.2 Å². The minimum Gasteiger partial charge on any atom is -0.494 e. The second kappa shape index (κ2) is 13.2. The summed E-state index contributed by atoms with van der Waals surface area (Å²) in [5.74, 6) is 1.24. The Bertz CT molecular complexity index is 740. The van der Waals surface area contributed by atoms with Crippen molar-refractivity contribution in [3.8, 4) is 11.5 Å². The zero-order valence-corrected chi connectivity index (χ0v) is 17.9. The molecule has 0 unspecified atom stereocenters. The molecule has 0 fully saturated rings. The highest BCUT2D eigenvalue weighted by atomic mass is 16.5. The SMILES string of the molecule is CCOc1cccc(C(=O)NCCCCCCNC(=O)c2cccc(OCC)c2)c1. The maximum Gasteiger partial charge on any atom is 0.251 e. The highest BCUT2D eigenvalue weighted by Gasteiger charge is 2.07. The van der Waals surface area contributed by atoms with E-state index in [1.165, 1.54) is 0 Å². The normalized spacial score (nSPS) is 10.3. The number of nitrogens with one attached hydrogen (secondary N) is 2. The van der Waals surface area contributed by atoms with Crippen LogP contribution in [0.25, 0.3) is 0 Å². The Morgan fingerprint density at radius 3 is 1.53 bits per heavy atom. The zero-order valence-electron chi connectivity index (χ0n) is 17.9. The second-order valence-electron chi connectivity index (χ2n) is 6.85. The summed E-state index contributed by atoms with van der Waals surface area (Å²) in [4.78, 5) is 24.4. The fourth-order valence-electron chi connectivity index (χ4n) is 3.00. The standard InChI is InChI=1S/C24H32N2O4/c1-3-29-21-13-9-11-19(17-21)23(27)25-15-7-5-6-8-16-26-24(28)20-12-10-14-22(18-20)30-4-2/h9-14,17-18H,3-8,15-16H2,1-2H3,(H,25,27)(H,26,28). The lowest BCUT2D eigenvalue weighted by atomic mass is 10.1. The molecule has 0 heterocycles. The molecule has 2 amide bonds. The van der Waals surface area contributed by atoms with Crippen molar-refractivity contribution >= 4 is 11.8 Å². The minimum atomic E-state index is -0.0851. The van der Waals surface area contributed by atoms with Crippen LogP contribution in [0.15, 0.2) is 48.5 Å². The fourth-order valence-corrected chi connectivity index (χ4v) is 3.00. The molecule has 6 heteroatoms. The van der Waals surface area contributed by atoms with Crippen molar-refractivity contribution in [3.05, 3.63) is 59.7 Å². The summed E-state index contributed by atoms with van der Waals surface area (Å²) < 4.78 is 10.8. The lowest BCUT2D eigenvalue weighted by Crippen LogP contribution is -2.25. The van der Waals surface area contributed by atoms with E-state index in [4.69, 9.17) is 9.47 Å². The molecule has 0 bridgehead atoms. The molecule has 0 spiro atoms. The molecule has 0 saturated carbocycles. The summed E-state index contributed by atoms with van der Waals surface area (Å²) in [7, 11) is 0. The molecule has 2 rings (SSSR count). The Morgan fingerprint density at radius 1 is 0.700 bits per heavy atom. The van der Waals surface area contributed by atoms with Gasteiger partial charge < -0.3 is 20.1 Å². The number of unbranched alkanes of at least 4 members (excludes halogenated alkanes) is 3. The molecule has 0 aliphatic carbocycles. The molecule has 2 aromatic carbocycles. The summed E-state index contributed by atoms with van der Waals surface area (Å²) in [6.45, 7) is 6.25. The van der Waals surface area contributed by atoms with E-state index in [9.17, 15) is 9.59 Å². The first-order chi connectivity index (χ1) is 14.6. The zero-order chi connectivity index (χ0) is 21.6. The molecule has 30 heavy (non-hydrogen) atoms. The fraction of sp³-hybridized carbons (Fsp3) is 0.417. The first kappa shape index (κ1) is 23.3. The summed E-state index contributed by atoms with van der Waals surface area (Å²) in [5, 5.41) is 5.88. The maximum absolute atomic E-state index is 12.2. The molecule has 0 saturated heterocycles. The first-order valence-electron chi connectivity index (χ1n) is 10.7. The predicted octanol–water partition coefficient (Wildman–Crippen LogP) is 4.20. The Balaban J connectivity index is 1.57. The highest BCUT2D eigenvalue weighted by molar-refractivity contribution is 5.95. The van der Waals surface area contributed by atoms with E-state index in [0.717, 1.165) is 25.7 Å². The van der Waals surface area contributed by atoms with Crippen LogP contribution in [0.1, 0.15) is 60.2 Å². The molecule has 0 atom stereocenters. The smallest absolute Gasteiger partial charge is 0.251 e. The van der Waals surface area contributed by atoms with Crippen LogP contribution in [0.3, 0.4) is 0 Å². The van der Waals surface area contributed by atoms with Gasteiger partial charge in [-0.3, -0.25) is 9.59 Å². The van der Waals surface area contributed by atoms with Crippen LogP contribution in [-0.2, 0) is 0 Å². The third-order valence-corrected chi connectivity index (χ3v) is 4.49. The van der Waals surface area contributed by atoms with E-state index in [0.29, 0.717) is 48.9 Å². The van der Waals surface area contributed by atoms with Gasteiger partial charge in [-0.25, -0.2) is 0 Å². The van der Waals surface area contributed by atoms with Gasteiger partial charge >= 0.3 is 0 Å². The van der Waals surface area contributed by atoms with Gasteiger partial charge in [-0.15, -0.1) is 0 Å². The van der Waals surface area contributed by atoms with Crippen LogP contribution < -0.4 is 20.1 Å². The third-order valence-electron chi connectivity index (χ3n) is 4.49. The van der Waals surface area contributed by atoms with Gasteiger partial charge in [-0.2, -0.15) is 0 Å². The van der Waals surface area contributed by atoms with Gasteiger partial charge in [0.1, 0.15) is 11.5 Å². The lowest BCUT2D eigenvalue weighted by molar-refractivity contribution is 0.0943. The monoisotopic (exact) mass is 412 g/mol. The Labute approximate surface area is 179 Å². The van der Waals surface area contributed by atoms with Gasteiger partial charge in [0, 0.05) is 24.2 Å². The minimum absolute atomic E-state index is 0.0851. The summed E-state index contributed by atoms with van der Waals surface area (Å²) in [5.41, 5.74) is 1.22. The van der Waals surface area contributed by atoms with E-state index in [-0.39, 0.29) is 11.8 Å². The molecule has 0 radical (unpaired) electrons. The van der Waals surface area contributed by atoms with Crippen LogP contribution in [-0.4, -0.2) is 38.1 Å². The van der Waals surface area contributed by atoms with Crippen LogP contribution in [0, 0.1) is 0 Å². The number of carbonyl (C=O) groups excluding carboxylic acids is 2. The molecule has 6 nitrogen and oxygen atoms in total. The molecule has 2 N–H and O–H groups in total. The average molecular weight is 413 g/mol. The number of amides is 2. The van der Waals surface area contributed by atoms with Gasteiger partial charge in [-0.1, -0.05) is 25.0 Å². The number of hydrogen-bond acceptors (Lipinski definition) is 4. The van der Waals surface area contributed by atoms with Gasteiger partial charge in [0.15, 0.2) is 0 Å². The second-order valence-corrected chi connectivity index (χ2v) is 6.85. The largest absolute Gasteiger partial charge is 0.494 e. The van der Waals surface area contributed by atoms with Gasteiger partial charge in [-0.05, 0) is 63.1 Å². The van der Waals surface area contributed by atoms with E-state index < -0.39 is 0 Å². The Hall–Kier alpha value is -3.02. The Morgan fingerprint density at radius 2 is 1.13 bits per heavy atom. The van der Waals surface area contributed by atoms with E-state index >= 15 is 0 Å². The third kappa shape index (κ3) is 8.15. The molecule has 2 aromatic rings. The molecule has 0 aliphatic rings. The summed E-state index contributed by atoms with van der Waals surface area (Å²) in [6, 6.07) is 14.4. The van der Waals surface area contributed by atoms with Crippen molar-refractivity contribution < 1.29 is 19.1 Å². The molecule has 0 aromatic heterocycles. The van der Waals surface area contributed by atoms with Crippen molar-refractivity contribution in [2.75, 3.05) is 26.3 Å². The topological polar surface area (TPSA) is 76.7 Å². The quantitative estimate of drug-likeness (QED) is 0.483. The van der Waals surface area contributed by atoms with E-state index in [1.807, 2.05) is 38.1 Å². The summed E-state index contributed by atoms with van der Waals surface area (Å²) >= 11 is 0. The highest BCUT2D eigenvalue weighted by Crippen LogP contribution is 2.14. The van der Waals surface area contributed by atoms with Crippen LogP contribution in [0.2, 0.25) is 0 Å². The summed E-state index contributed by atoms with van der Waals surface area (Å²) in [6.07, 6.45) is 3.80. The number of rotatable bonds is 13. The maximum atomic E-state index is 12.2. The van der Waals surface area contributed by atoms with Crippen molar-refractivity contribution in [3.63, 3.8) is 0 Å². The van der Waals surface area contributed by atoms with Gasteiger partial charge in [0.25, 0.3) is 11.8 Å². The van der Waals surface area contributed by atoms with Crippen molar-refractivity contribution in [2.45, 2.75) is 39.5 Å². The van der Waals surface area contributed by atoms with Crippen LogP contribution in [0.4, 0.5) is 0 Å². The van der Waals surface area contributed by atoms with Gasteiger partial charge in [0.2, 0.25) is 0 Å². The average Bonchev–Trinajstić information content (AvgIpc) is 2.76. The van der Waals surface area contributed by atoms with E-state index in [1.54, 1.807) is 24.3 Å². The molecular weight excluding hydrogens is 380 g/mol. The van der Waals surface area contributed by atoms with E-state index in [2.05, 4.69) is 10.6 Å². The molecular formula is C24H32N2O4. The van der Waals surface area contributed by atoms with Crippen molar-refractivity contribution in [2.24, 2.45) is 0 Å². The number of carbonyl (C=O) groups is 2. The van der Waals surface area contributed by atoms with Crippen LogP contribution in [0.5, 0.6) is 11.5 Å². The van der Waals surface area contributed by atoms with Crippen molar-refractivity contribution in [1.29, 1.82) is 0 Å². The number of ether oxygens (including phenoxy) is 2. The first-order valence-corrected chi connectivity index (χ1v) is 10.7. The predicted molar refractivity (Wildman–Crippen MR) is 118 cm³/mol. The number of benzene rings is 2. The Kier molecular flexibility index (Phi) is 10.3. The molecule has 0 aliphatic heterocycles. The van der Waals surface area contributed by atoms with Crippen molar-refractivity contribution in [1.82, 2.24) is 10.6 Å².